The SMILES string of the molecule is CC(=O)Nc1ccc(C2=NN(C(C)=O)C(C)Cc3cc4c(cc32)OCO4)cc1. The van der Waals surface area contributed by atoms with Crippen LogP contribution < -0.4 is 14.8 Å². The van der Waals surface area contributed by atoms with E-state index in [-0.39, 0.29) is 24.6 Å². The van der Waals surface area contributed by atoms with Crippen LogP contribution in [-0.4, -0.2) is 35.4 Å². The number of nitrogens with one attached hydrogen (secondary N) is 1. The van der Waals surface area contributed by atoms with E-state index >= 15 is 0 Å². The highest BCUT2D eigenvalue weighted by Crippen LogP contribution is 2.37. The predicted octanol–water partition coefficient (Wildman–Crippen LogP) is 2.92. The minimum atomic E-state index is -0.130. The summed E-state index contributed by atoms with van der Waals surface area (Å²) >= 11 is 0. The molecule has 7 nitrogen and oxygen atoms in total. The van der Waals surface area contributed by atoms with Gasteiger partial charge < -0.3 is 14.8 Å². The monoisotopic (exact) mass is 379 g/mol. The van der Waals surface area contributed by atoms with Gasteiger partial charge in [-0.05, 0) is 43.2 Å². The lowest BCUT2D eigenvalue weighted by molar-refractivity contribution is -0.130. The molecule has 0 aliphatic carbocycles. The van der Waals surface area contributed by atoms with Gasteiger partial charge >= 0.3 is 0 Å². The number of anilines is 1. The van der Waals surface area contributed by atoms with Crippen molar-refractivity contribution in [2.45, 2.75) is 33.2 Å². The molecule has 0 saturated heterocycles. The highest BCUT2D eigenvalue weighted by atomic mass is 16.7. The molecule has 144 valence electrons. The molecule has 0 saturated carbocycles. The van der Waals surface area contributed by atoms with Crippen LogP contribution >= 0.6 is 0 Å². The Labute approximate surface area is 162 Å². The fourth-order valence-corrected chi connectivity index (χ4v) is 3.55. The molecule has 2 aromatic rings. The third-order valence-electron chi connectivity index (χ3n) is 4.80. The number of carbonyl (C=O) groups is 2. The molecule has 2 amide bonds. The molecular weight excluding hydrogens is 358 g/mol. The van der Waals surface area contributed by atoms with Gasteiger partial charge in [-0.15, -0.1) is 0 Å². The van der Waals surface area contributed by atoms with E-state index in [0.29, 0.717) is 29.3 Å². The molecule has 4 rings (SSSR count). The van der Waals surface area contributed by atoms with Gasteiger partial charge in [0, 0.05) is 30.7 Å². The Balaban J connectivity index is 1.83. The van der Waals surface area contributed by atoms with Crippen molar-refractivity contribution in [1.82, 2.24) is 5.01 Å². The number of ether oxygens (including phenoxy) is 2. The number of rotatable bonds is 2. The zero-order chi connectivity index (χ0) is 19.8. The standard InChI is InChI=1S/C21H21N3O4/c1-12-8-16-9-19-20(28-11-27-19)10-18(16)21(23-24(12)14(3)26)15-4-6-17(7-5-15)22-13(2)25/h4-7,9-10,12H,8,11H2,1-3H3,(H,22,25). The zero-order valence-corrected chi connectivity index (χ0v) is 16.0. The highest BCUT2D eigenvalue weighted by Gasteiger charge is 2.28. The largest absolute Gasteiger partial charge is 0.454 e. The Hall–Kier alpha value is -3.35. The topological polar surface area (TPSA) is 80.2 Å². The number of carbonyl (C=O) groups excluding carboxylic acids is 2. The minimum Gasteiger partial charge on any atom is -0.454 e. The Kier molecular flexibility index (Phi) is 4.50. The van der Waals surface area contributed by atoms with Crippen LogP contribution in [0.25, 0.3) is 0 Å². The second-order valence-electron chi connectivity index (χ2n) is 6.99. The van der Waals surface area contributed by atoms with Gasteiger partial charge in [0.1, 0.15) is 0 Å². The summed E-state index contributed by atoms with van der Waals surface area (Å²) < 4.78 is 11.1. The van der Waals surface area contributed by atoms with Crippen molar-refractivity contribution in [3.8, 4) is 11.5 Å². The van der Waals surface area contributed by atoms with Gasteiger partial charge in [-0.1, -0.05) is 12.1 Å². The first kappa shape index (κ1) is 18.0. The fraction of sp³-hybridized carbons (Fsp3) is 0.286. The molecule has 2 heterocycles. The number of hydrogen-bond acceptors (Lipinski definition) is 5. The summed E-state index contributed by atoms with van der Waals surface area (Å²) in [5, 5.41) is 8.97. The van der Waals surface area contributed by atoms with Gasteiger partial charge in [0.05, 0.1) is 11.8 Å². The number of amides is 2. The quantitative estimate of drug-likeness (QED) is 0.870. The molecule has 0 aromatic heterocycles. The molecular formula is C21H21N3O4. The minimum absolute atomic E-state index is 0.0900. The first-order valence-electron chi connectivity index (χ1n) is 9.11. The first-order valence-corrected chi connectivity index (χ1v) is 9.11. The van der Waals surface area contributed by atoms with Crippen molar-refractivity contribution in [1.29, 1.82) is 0 Å². The third kappa shape index (κ3) is 3.31. The maximum absolute atomic E-state index is 12.2. The first-order chi connectivity index (χ1) is 13.4. The van der Waals surface area contributed by atoms with E-state index in [2.05, 4.69) is 5.32 Å². The van der Waals surface area contributed by atoms with Crippen LogP contribution in [0.15, 0.2) is 41.5 Å². The van der Waals surface area contributed by atoms with Crippen molar-refractivity contribution >= 4 is 23.2 Å². The molecule has 0 spiro atoms. The second-order valence-corrected chi connectivity index (χ2v) is 6.99. The maximum Gasteiger partial charge on any atom is 0.239 e. The highest BCUT2D eigenvalue weighted by molar-refractivity contribution is 6.14. The lowest BCUT2D eigenvalue weighted by Gasteiger charge is -2.21. The molecule has 28 heavy (non-hydrogen) atoms. The summed E-state index contributed by atoms with van der Waals surface area (Å²) in [5.41, 5.74) is 4.18. The fourth-order valence-electron chi connectivity index (χ4n) is 3.55. The number of benzene rings is 2. The van der Waals surface area contributed by atoms with Crippen LogP contribution in [0.5, 0.6) is 11.5 Å². The Bertz CT molecular complexity index is 982. The summed E-state index contributed by atoms with van der Waals surface area (Å²) in [7, 11) is 0. The van der Waals surface area contributed by atoms with Crippen LogP contribution in [0.2, 0.25) is 0 Å². The Morgan fingerprint density at radius 3 is 2.43 bits per heavy atom. The summed E-state index contributed by atoms with van der Waals surface area (Å²) in [6.45, 7) is 5.15. The number of fused-ring (bicyclic) bond motifs is 2. The molecule has 1 unspecified atom stereocenters. The van der Waals surface area contributed by atoms with E-state index in [0.717, 1.165) is 16.7 Å². The molecule has 7 heteroatoms. The van der Waals surface area contributed by atoms with E-state index in [1.807, 2.05) is 43.3 Å². The molecule has 0 bridgehead atoms. The Morgan fingerprint density at radius 1 is 1.11 bits per heavy atom. The van der Waals surface area contributed by atoms with Crippen molar-refractivity contribution in [2.24, 2.45) is 5.10 Å². The molecule has 0 fully saturated rings. The number of hydrazone groups is 1. The molecule has 1 atom stereocenters. The molecule has 1 N–H and O–H groups in total. The average Bonchev–Trinajstić information content (AvgIpc) is 3.03. The third-order valence-corrected chi connectivity index (χ3v) is 4.80. The van der Waals surface area contributed by atoms with E-state index < -0.39 is 0 Å². The van der Waals surface area contributed by atoms with Gasteiger partial charge in [0.2, 0.25) is 18.6 Å². The molecule has 0 radical (unpaired) electrons. The summed E-state index contributed by atoms with van der Waals surface area (Å²) in [5.74, 6) is 1.13. The maximum atomic E-state index is 12.2. The van der Waals surface area contributed by atoms with Crippen molar-refractivity contribution < 1.29 is 19.1 Å². The van der Waals surface area contributed by atoms with Gasteiger partial charge in [0.25, 0.3) is 0 Å². The van der Waals surface area contributed by atoms with Gasteiger partial charge in [-0.3, -0.25) is 9.59 Å². The summed E-state index contributed by atoms with van der Waals surface area (Å²) in [4.78, 5) is 23.5. The lowest BCUT2D eigenvalue weighted by Crippen LogP contribution is -2.33. The molecule has 2 aliphatic heterocycles. The smallest absolute Gasteiger partial charge is 0.239 e. The van der Waals surface area contributed by atoms with Gasteiger partial charge in [-0.25, -0.2) is 5.01 Å². The van der Waals surface area contributed by atoms with Crippen LogP contribution in [-0.2, 0) is 16.0 Å². The Morgan fingerprint density at radius 2 is 1.79 bits per heavy atom. The van der Waals surface area contributed by atoms with Crippen LogP contribution in [0.4, 0.5) is 5.69 Å². The summed E-state index contributed by atoms with van der Waals surface area (Å²) in [6.07, 6.45) is 0.655. The summed E-state index contributed by atoms with van der Waals surface area (Å²) in [6, 6.07) is 11.2. The molecule has 2 aliphatic rings. The van der Waals surface area contributed by atoms with Crippen LogP contribution in [0.3, 0.4) is 0 Å². The van der Waals surface area contributed by atoms with Gasteiger partial charge in [0.15, 0.2) is 11.5 Å². The second kappa shape index (κ2) is 6.99. The van der Waals surface area contributed by atoms with E-state index in [9.17, 15) is 9.59 Å². The number of nitrogens with zero attached hydrogens (tertiary/aromatic N) is 2. The number of hydrogen-bond donors (Lipinski definition) is 1. The van der Waals surface area contributed by atoms with E-state index in [1.54, 1.807) is 0 Å². The molecule has 2 aromatic carbocycles. The lowest BCUT2D eigenvalue weighted by atomic mass is 9.94. The predicted molar refractivity (Wildman–Crippen MR) is 105 cm³/mol. The van der Waals surface area contributed by atoms with Crippen LogP contribution in [0, 0.1) is 0 Å². The van der Waals surface area contributed by atoms with Crippen molar-refractivity contribution in [3.05, 3.63) is 53.1 Å². The average molecular weight is 379 g/mol. The van der Waals surface area contributed by atoms with Crippen molar-refractivity contribution in [3.63, 3.8) is 0 Å². The zero-order valence-electron chi connectivity index (χ0n) is 16.0. The van der Waals surface area contributed by atoms with Crippen LogP contribution in [0.1, 0.15) is 37.5 Å². The normalized spacial score (nSPS) is 17.5. The van der Waals surface area contributed by atoms with E-state index in [1.165, 1.54) is 18.9 Å². The van der Waals surface area contributed by atoms with Crippen molar-refractivity contribution in [2.75, 3.05) is 12.1 Å². The van der Waals surface area contributed by atoms with Gasteiger partial charge in [-0.2, -0.15) is 5.10 Å². The van der Waals surface area contributed by atoms with E-state index in [4.69, 9.17) is 14.6 Å².